The summed E-state index contributed by atoms with van der Waals surface area (Å²) in [6, 6.07) is 0. The Morgan fingerprint density at radius 1 is 1.36 bits per heavy atom. The molecule has 1 N–H and O–H groups in total. The van der Waals surface area contributed by atoms with Crippen LogP contribution in [0.15, 0.2) is 34.9 Å². The van der Waals surface area contributed by atoms with Gasteiger partial charge in [-0.1, -0.05) is 17.7 Å². The molecule has 0 saturated heterocycles. The SMILES string of the molecule is CC(=O)OC/C=C(C)/C=C/C1=C(C)C(=O)CC[C@]1(C)C(=O)O. The zero-order valence-corrected chi connectivity index (χ0v) is 13.4. The van der Waals surface area contributed by atoms with Crippen molar-refractivity contribution < 1.29 is 24.2 Å². The van der Waals surface area contributed by atoms with Crippen molar-refractivity contribution in [2.24, 2.45) is 5.41 Å². The van der Waals surface area contributed by atoms with Gasteiger partial charge in [0, 0.05) is 13.3 Å². The molecule has 1 aliphatic carbocycles. The Hall–Kier alpha value is -2.17. The maximum atomic E-state index is 11.8. The minimum Gasteiger partial charge on any atom is -0.481 e. The van der Waals surface area contributed by atoms with Gasteiger partial charge < -0.3 is 9.84 Å². The van der Waals surface area contributed by atoms with Crippen LogP contribution in [0.25, 0.3) is 0 Å². The molecule has 0 aromatic carbocycles. The number of carboxylic acid groups (broad SMARTS) is 1. The predicted octanol–water partition coefficient (Wildman–Crippen LogP) is 2.82. The number of Topliss-reactive ketones (excluding diaryl/α,β-unsaturated/α-hetero) is 1. The zero-order chi connectivity index (χ0) is 16.9. The van der Waals surface area contributed by atoms with Gasteiger partial charge in [-0.2, -0.15) is 0 Å². The molecule has 5 nitrogen and oxygen atoms in total. The number of allylic oxidation sites excluding steroid dienone is 4. The number of hydrogen-bond acceptors (Lipinski definition) is 4. The van der Waals surface area contributed by atoms with Gasteiger partial charge in [-0.3, -0.25) is 14.4 Å². The van der Waals surface area contributed by atoms with Gasteiger partial charge in [0.05, 0.1) is 5.41 Å². The molecule has 0 bridgehead atoms. The summed E-state index contributed by atoms with van der Waals surface area (Å²) >= 11 is 0. The maximum Gasteiger partial charge on any atom is 0.313 e. The minimum atomic E-state index is -1.05. The molecule has 0 radical (unpaired) electrons. The van der Waals surface area contributed by atoms with Crippen LogP contribution in [-0.2, 0) is 19.1 Å². The van der Waals surface area contributed by atoms with Crippen molar-refractivity contribution in [3.63, 3.8) is 0 Å². The normalized spacial score (nSPS) is 23.1. The van der Waals surface area contributed by atoms with Crippen molar-refractivity contribution in [3.8, 4) is 0 Å². The van der Waals surface area contributed by atoms with E-state index in [0.717, 1.165) is 5.57 Å². The smallest absolute Gasteiger partial charge is 0.313 e. The molecular formula is C17H22O5. The van der Waals surface area contributed by atoms with Crippen molar-refractivity contribution in [2.45, 2.75) is 40.5 Å². The Labute approximate surface area is 130 Å². The van der Waals surface area contributed by atoms with Gasteiger partial charge in [0.25, 0.3) is 0 Å². The summed E-state index contributed by atoms with van der Waals surface area (Å²) in [6.07, 6.45) is 5.69. The Bertz CT molecular complexity index is 580. The van der Waals surface area contributed by atoms with E-state index in [1.165, 1.54) is 6.92 Å². The third-order valence-corrected chi connectivity index (χ3v) is 3.95. The summed E-state index contributed by atoms with van der Waals surface area (Å²) in [6.45, 7) is 6.62. The number of ketones is 1. The second-order valence-electron chi connectivity index (χ2n) is 5.68. The second kappa shape index (κ2) is 7.20. The summed E-state index contributed by atoms with van der Waals surface area (Å²) in [4.78, 5) is 34.1. The topological polar surface area (TPSA) is 80.7 Å². The minimum absolute atomic E-state index is 0.0140. The molecule has 0 heterocycles. The largest absolute Gasteiger partial charge is 0.481 e. The molecule has 120 valence electrons. The summed E-state index contributed by atoms with van der Waals surface area (Å²) in [5.41, 5.74) is 0.814. The Balaban J connectivity index is 3.02. The predicted molar refractivity (Wildman–Crippen MR) is 82.2 cm³/mol. The van der Waals surface area contributed by atoms with E-state index in [2.05, 4.69) is 0 Å². The van der Waals surface area contributed by atoms with Crippen molar-refractivity contribution in [2.75, 3.05) is 6.61 Å². The van der Waals surface area contributed by atoms with E-state index >= 15 is 0 Å². The molecule has 0 amide bonds. The van der Waals surface area contributed by atoms with Crippen LogP contribution in [0.3, 0.4) is 0 Å². The van der Waals surface area contributed by atoms with Crippen LogP contribution in [0, 0.1) is 5.41 Å². The van der Waals surface area contributed by atoms with Crippen molar-refractivity contribution in [3.05, 3.63) is 34.9 Å². The fraction of sp³-hybridized carbons (Fsp3) is 0.471. The van der Waals surface area contributed by atoms with Gasteiger partial charge in [0.15, 0.2) is 5.78 Å². The lowest BCUT2D eigenvalue weighted by Crippen LogP contribution is -2.34. The highest BCUT2D eigenvalue weighted by atomic mass is 16.5. The fourth-order valence-corrected chi connectivity index (χ4v) is 2.35. The number of hydrogen-bond donors (Lipinski definition) is 1. The van der Waals surface area contributed by atoms with E-state index in [-0.39, 0.29) is 24.8 Å². The molecule has 22 heavy (non-hydrogen) atoms. The van der Waals surface area contributed by atoms with Gasteiger partial charge in [-0.25, -0.2) is 0 Å². The average Bonchev–Trinajstić information content (AvgIpc) is 2.42. The Morgan fingerprint density at radius 3 is 2.55 bits per heavy atom. The molecule has 0 saturated carbocycles. The van der Waals surface area contributed by atoms with Crippen molar-refractivity contribution in [1.29, 1.82) is 0 Å². The number of rotatable bonds is 5. The van der Waals surface area contributed by atoms with Gasteiger partial charge >= 0.3 is 11.9 Å². The van der Waals surface area contributed by atoms with Crippen molar-refractivity contribution in [1.82, 2.24) is 0 Å². The van der Waals surface area contributed by atoms with Crippen LogP contribution in [0.4, 0.5) is 0 Å². The maximum absolute atomic E-state index is 11.8. The standard InChI is InChI=1S/C17H22O5/c1-11(8-10-22-13(3)18)5-6-14-12(2)15(19)7-9-17(14,4)16(20)21/h5-6,8H,7,9-10H2,1-4H3,(H,20,21)/b6-5+,11-8+/t17-/m0/s1. The molecule has 0 aromatic heterocycles. The highest BCUT2D eigenvalue weighted by molar-refractivity contribution is 6.00. The number of carboxylic acids is 1. The van der Waals surface area contributed by atoms with Gasteiger partial charge in [0.1, 0.15) is 6.61 Å². The number of ether oxygens (including phenoxy) is 1. The molecule has 0 aliphatic heterocycles. The Morgan fingerprint density at radius 2 is 2.00 bits per heavy atom. The van der Waals surface area contributed by atoms with Crippen LogP contribution >= 0.6 is 0 Å². The lowest BCUT2D eigenvalue weighted by Gasteiger charge is -2.31. The number of carbonyl (C=O) groups is 3. The second-order valence-corrected chi connectivity index (χ2v) is 5.68. The first-order valence-corrected chi connectivity index (χ1v) is 7.14. The molecule has 0 fully saturated rings. The summed E-state index contributed by atoms with van der Waals surface area (Å²) < 4.78 is 4.81. The molecule has 1 rings (SSSR count). The number of carbonyl (C=O) groups excluding carboxylic acids is 2. The highest BCUT2D eigenvalue weighted by Crippen LogP contribution is 2.40. The first-order chi connectivity index (χ1) is 10.2. The third kappa shape index (κ3) is 4.16. The first-order valence-electron chi connectivity index (χ1n) is 7.14. The molecule has 0 unspecified atom stereocenters. The van der Waals surface area contributed by atoms with E-state index in [0.29, 0.717) is 17.6 Å². The van der Waals surface area contributed by atoms with Crippen LogP contribution in [0.5, 0.6) is 0 Å². The van der Waals surface area contributed by atoms with Crippen molar-refractivity contribution >= 4 is 17.7 Å². The monoisotopic (exact) mass is 306 g/mol. The summed E-state index contributed by atoms with van der Waals surface area (Å²) in [7, 11) is 0. The van der Waals surface area contributed by atoms with Crippen LogP contribution in [0.2, 0.25) is 0 Å². The molecule has 1 aliphatic rings. The molecule has 0 spiro atoms. The van der Waals surface area contributed by atoms with Gasteiger partial charge in [-0.15, -0.1) is 0 Å². The van der Waals surface area contributed by atoms with E-state index in [1.807, 2.05) is 6.92 Å². The number of aliphatic carboxylic acids is 1. The van der Waals surface area contributed by atoms with Gasteiger partial charge in [-0.05, 0) is 44.4 Å². The molecule has 0 aromatic rings. The highest BCUT2D eigenvalue weighted by Gasteiger charge is 2.41. The van der Waals surface area contributed by atoms with E-state index in [4.69, 9.17) is 4.74 Å². The fourth-order valence-electron chi connectivity index (χ4n) is 2.35. The quantitative estimate of drug-likeness (QED) is 0.624. The Kier molecular flexibility index (Phi) is 5.85. The van der Waals surface area contributed by atoms with E-state index in [9.17, 15) is 19.5 Å². The van der Waals surface area contributed by atoms with E-state index < -0.39 is 11.4 Å². The average molecular weight is 306 g/mol. The molecular weight excluding hydrogens is 284 g/mol. The third-order valence-electron chi connectivity index (χ3n) is 3.95. The molecule has 1 atom stereocenters. The van der Waals surface area contributed by atoms with Crippen LogP contribution in [0.1, 0.15) is 40.5 Å². The summed E-state index contributed by atoms with van der Waals surface area (Å²) in [5.74, 6) is -1.30. The van der Waals surface area contributed by atoms with E-state index in [1.54, 1.807) is 32.1 Å². The summed E-state index contributed by atoms with van der Waals surface area (Å²) in [5, 5.41) is 9.49. The lowest BCUT2D eigenvalue weighted by molar-refractivity contribution is -0.146. The first kappa shape index (κ1) is 17.9. The molecule has 5 heteroatoms. The van der Waals surface area contributed by atoms with Gasteiger partial charge in [0.2, 0.25) is 0 Å². The number of esters is 1. The van der Waals surface area contributed by atoms with Crippen LogP contribution in [-0.4, -0.2) is 29.4 Å². The van der Waals surface area contributed by atoms with Crippen LogP contribution < -0.4 is 0 Å². The lowest BCUT2D eigenvalue weighted by atomic mass is 9.70. The zero-order valence-electron chi connectivity index (χ0n) is 13.4.